The summed E-state index contributed by atoms with van der Waals surface area (Å²) in [7, 11) is 0. The lowest BCUT2D eigenvalue weighted by Crippen LogP contribution is -2.46. The lowest BCUT2D eigenvalue weighted by Gasteiger charge is -2.33. The highest BCUT2D eigenvalue weighted by Gasteiger charge is 2.46. The molecule has 2 aliphatic rings. The number of hydrogen-bond donors (Lipinski definition) is 1. The third kappa shape index (κ3) is 3.47. The standard InChI is InChI=1S/C17H26N4O2/c22-13-7-17(15(23)20-10-3-1-2-4-11-20)6-12-21(14-17)16-18-8-5-9-19-16/h5,8-9,22H,1-4,6-7,10-14H2. The fraction of sp³-hybridized carbons (Fsp3) is 0.706. The van der Waals surface area contributed by atoms with E-state index in [0.717, 1.165) is 38.9 Å². The number of likely N-dealkylation sites (tertiary alicyclic amines) is 1. The number of carbonyl (C=O) groups excluding carboxylic acids is 1. The number of hydrogen-bond acceptors (Lipinski definition) is 5. The van der Waals surface area contributed by atoms with Crippen LogP contribution < -0.4 is 4.90 Å². The van der Waals surface area contributed by atoms with Crippen molar-refractivity contribution in [2.24, 2.45) is 5.41 Å². The van der Waals surface area contributed by atoms with E-state index in [1.807, 2.05) is 4.90 Å². The Bertz CT molecular complexity index is 517. The topological polar surface area (TPSA) is 69.6 Å². The molecule has 0 bridgehead atoms. The second-order valence-corrected chi connectivity index (χ2v) is 6.68. The zero-order valence-electron chi connectivity index (χ0n) is 13.7. The van der Waals surface area contributed by atoms with Gasteiger partial charge in [-0.05, 0) is 31.7 Å². The molecule has 6 nitrogen and oxygen atoms in total. The van der Waals surface area contributed by atoms with Crippen LogP contribution in [0.4, 0.5) is 5.95 Å². The molecule has 1 aromatic heterocycles. The van der Waals surface area contributed by atoms with Crippen LogP contribution >= 0.6 is 0 Å². The molecule has 1 atom stereocenters. The lowest BCUT2D eigenvalue weighted by molar-refractivity contribution is -0.142. The number of anilines is 1. The molecule has 23 heavy (non-hydrogen) atoms. The summed E-state index contributed by atoms with van der Waals surface area (Å²) in [6, 6.07) is 1.79. The van der Waals surface area contributed by atoms with E-state index in [1.54, 1.807) is 18.5 Å². The first-order valence-corrected chi connectivity index (χ1v) is 8.67. The Labute approximate surface area is 137 Å². The average Bonchev–Trinajstić information content (AvgIpc) is 2.84. The number of carbonyl (C=O) groups is 1. The zero-order chi connectivity index (χ0) is 16.1. The highest BCUT2D eigenvalue weighted by atomic mass is 16.3. The quantitative estimate of drug-likeness (QED) is 0.910. The third-order valence-corrected chi connectivity index (χ3v) is 5.13. The monoisotopic (exact) mass is 318 g/mol. The zero-order valence-corrected chi connectivity index (χ0v) is 13.7. The van der Waals surface area contributed by atoms with Gasteiger partial charge in [-0.1, -0.05) is 12.8 Å². The molecule has 1 N–H and O–H groups in total. The molecule has 0 saturated carbocycles. The second kappa shape index (κ2) is 7.25. The fourth-order valence-electron chi connectivity index (χ4n) is 3.81. The van der Waals surface area contributed by atoms with E-state index in [0.29, 0.717) is 18.9 Å². The van der Waals surface area contributed by atoms with E-state index < -0.39 is 5.41 Å². The molecule has 2 fully saturated rings. The van der Waals surface area contributed by atoms with Gasteiger partial charge < -0.3 is 14.9 Å². The number of aliphatic hydroxyl groups excluding tert-OH is 1. The first-order chi connectivity index (χ1) is 11.2. The number of aliphatic hydroxyl groups is 1. The minimum Gasteiger partial charge on any atom is -0.396 e. The number of rotatable bonds is 4. The molecule has 0 spiro atoms. The third-order valence-electron chi connectivity index (χ3n) is 5.13. The number of amides is 1. The molecule has 1 amide bonds. The molecule has 0 radical (unpaired) electrons. The van der Waals surface area contributed by atoms with Crippen molar-refractivity contribution in [3.05, 3.63) is 18.5 Å². The van der Waals surface area contributed by atoms with Gasteiger partial charge in [0.1, 0.15) is 0 Å². The van der Waals surface area contributed by atoms with E-state index in [2.05, 4.69) is 14.9 Å². The Morgan fingerprint density at radius 2 is 1.83 bits per heavy atom. The Hall–Kier alpha value is -1.69. The average molecular weight is 318 g/mol. The highest BCUT2D eigenvalue weighted by molar-refractivity contribution is 5.84. The Morgan fingerprint density at radius 3 is 2.48 bits per heavy atom. The van der Waals surface area contributed by atoms with Crippen LogP contribution in [0.5, 0.6) is 0 Å². The van der Waals surface area contributed by atoms with Crippen LogP contribution in [0.2, 0.25) is 0 Å². The van der Waals surface area contributed by atoms with Gasteiger partial charge in [0.2, 0.25) is 11.9 Å². The van der Waals surface area contributed by atoms with Crippen molar-refractivity contribution in [2.75, 3.05) is 37.7 Å². The summed E-state index contributed by atoms with van der Waals surface area (Å²) in [5.41, 5.74) is -0.488. The van der Waals surface area contributed by atoms with E-state index in [9.17, 15) is 9.90 Å². The van der Waals surface area contributed by atoms with E-state index in [4.69, 9.17) is 0 Å². The van der Waals surface area contributed by atoms with Crippen LogP contribution in [0.25, 0.3) is 0 Å². The first-order valence-electron chi connectivity index (χ1n) is 8.67. The van der Waals surface area contributed by atoms with Gasteiger partial charge in [0.15, 0.2) is 0 Å². The predicted molar refractivity (Wildman–Crippen MR) is 88.0 cm³/mol. The smallest absolute Gasteiger partial charge is 0.230 e. The largest absolute Gasteiger partial charge is 0.396 e. The summed E-state index contributed by atoms with van der Waals surface area (Å²) < 4.78 is 0. The molecular weight excluding hydrogens is 292 g/mol. The van der Waals surface area contributed by atoms with Crippen molar-refractivity contribution in [2.45, 2.75) is 38.5 Å². The van der Waals surface area contributed by atoms with Gasteiger partial charge in [0.05, 0.1) is 5.41 Å². The molecule has 3 heterocycles. The van der Waals surface area contributed by atoms with Crippen molar-refractivity contribution in [3.8, 4) is 0 Å². The maximum absolute atomic E-state index is 13.2. The number of aromatic nitrogens is 2. The Balaban J connectivity index is 1.76. The van der Waals surface area contributed by atoms with Crippen LogP contribution in [-0.4, -0.2) is 58.7 Å². The summed E-state index contributed by atoms with van der Waals surface area (Å²) in [6.07, 6.45) is 9.34. The van der Waals surface area contributed by atoms with Gasteiger partial charge in [-0.25, -0.2) is 9.97 Å². The summed E-state index contributed by atoms with van der Waals surface area (Å²) >= 11 is 0. The van der Waals surface area contributed by atoms with Gasteiger partial charge in [-0.3, -0.25) is 4.79 Å². The van der Waals surface area contributed by atoms with E-state index in [1.165, 1.54) is 12.8 Å². The van der Waals surface area contributed by atoms with Crippen LogP contribution in [0.1, 0.15) is 38.5 Å². The van der Waals surface area contributed by atoms with Gasteiger partial charge >= 0.3 is 0 Å². The predicted octanol–water partition coefficient (Wildman–Crippen LogP) is 1.46. The van der Waals surface area contributed by atoms with Gasteiger partial charge in [0, 0.05) is 45.2 Å². The molecule has 2 saturated heterocycles. The van der Waals surface area contributed by atoms with Gasteiger partial charge in [-0.2, -0.15) is 0 Å². The lowest BCUT2D eigenvalue weighted by atomic mass is 9.82. The van der Waals surface area contributed by atoms with Crippen LogP contribution in [0.3, 0.4) is 0 Å². The normalized spacial score (nSPS) is 25.4. The maximum atomic E-state index is 13.2. The summed E-state index contributed by atoms with van der Waals surface area (Å²) in [6.45, 7) is 3.13. The minimum absolute atomic E-state index is 0.0447. The van der Waals surface area contributed by atoms with E-state index in [-0.39, 0.29) is 12.5 Å². The molecule has 126 valence electrons. The fourth-order valence-corrected chi connectivity index (χ4v) is 3.81. The van der Waals surface area contributed by atoms with E-state index >= 15 is 0 Å². The highest BCUT2D eigenvalue weighted by Crippen LogP contribution is 2.37. The Morgan fingerprint density at radius 1 is 1.13 bits per heavy atom. The molecule has 1 aromatic rings. The van der Waals surface area contributed by atoms with Crippen molar-refractivity contribution in [1.29, 1.82) is 0 Å². The summed E-state index contributed by atoms with van der Waals surface area (Å²) in [4.78, 5) is 25.9. The molecule has 0 aliphatic carbocycles. The molecule has 3 rings (SSSR count). The molecular formula is C17H26N4O2. The van der Waals surface area contributed by atoms with Gasteiger partial charge in [-0.15, -0.1) is 0 Å². The summed E-state index contributed by atoms with van der Waals surface area (Å²) in [5.74, 6) is 0.892. The first kappa shape index (κ1) is 16.2. The van der Waals surface area contributed by atoms with Crippen molar-refractivity contribution in [3.63, 3.8) is 0 Å². The van der Waals surface area contributed by atoms with Crippen LogP contribution in [0.15, 0.2) is 18.5 Å². The van der Waals surface area contributed by atoms with Crippen molar-refractivity contribution < 1.29 is 9.90 Å². The molecule has 2 aliphatic heterocycles. The maximum Gasteiger partial charge on any atom is 0.230 e. The summed E-state index contributed by atoms with van der Waals surface area (Å²) in [5, 5.41) is 9.53. The second-order valence-electron chi connectivity index (χ2n) is 6.68. The minimum atomic E-state index is -0.488. The van der Waals surface area contributed by atoms with Crippen LogP contribution in [0, 0.1) is 5.41 Å². The molecule has 1 unspecified atom stereocenters. The SMILES string of the molecule is O=C(N1CCCCCC1)C1(CCO)CCN(c2ncccn2)C1. The molecule has 6 heteroatoms. The Kier molecular flexibility index (Phi) is 5.10. The van der Waals surface area contributed by atoms with Crippen LogP contribution in [-0.2, 0) is 4.79 Å². The van der Waals surface area contributed by atoms with Crippen molar-refractivity contribution >= 4 is 11.9 Å². The van der Waals surface area contributed by atoms with Crippen molar-refractivity contribution in [1.82, 2.24) is 14.9 Å². The molecule has 0 aromatic carbocycles. The number of nitrogens with zero attached hydrogens (tertiary/aromatic N) is 4. The van der Waals surface area contributed by atoms with Gasteiger partial charge in [0.25, 0.3) is 0 Å².